The third kappa shape index (κ3) is 2.24. The normalized spacial score (nSPS) is 12.9. The summed E-state index contributed by atoms with van der Waals surface area (Å²) < 4.78 is 10.7. The number of imidazole rings is 1. The molecule has 2 aromatic carbocycles. The van der Waals surface area contributed by atoms with Gasteiger partial charge in [0.15, 0.2) is 11.5 Å². The molecule has 0 bridgehead atoms. The number of ether oxygens (including phenoxy) is 2. The van der Waals surface area contributed by atoms with Crippen molar-refractivity contribution in [1.82, 2.24) is 9.97 Å². The van der Waals surface area contributed by atoms with Gasteiger partial charge in [-0.15, -0.1) is 0 Å². The van der Waals surface area contributed by atoms with Crippen molar-refractivity contribution in [3.63, 3.8) is 0 Å². The lowest BCUT2D eigenvalue weighted by Crippen LogP contribution is -1.93. The molecular weight excluding hydrogens is 313 g/mol. The van der Waals surface area contributed by atoms with Crippen LogP contribution in [0, 0.1) is 0 Å². The number of fused-ring (bicyclic) bond motifs is 2. The zero-order valence-corrected chi connectivity index (χ0v) is 12.1. The molecular formula is C14H9Cl2N3O2. The highest BCUT2D eigenvalue weighted by Gasteiger charge is 2.16. The number of halogens is 2. The van der Waals surface area contributed by atoms with E-state index in [-0.39, 0.29) is 6.79 Å². The zero-order chi connectivity index (χ0) is 14.4. The van der Waals surface area contributed by atoms with E-state index in [1.165, 1.54) is 0 Å². The van der Waals surface area contributed by atoms with E-state index in [0.29, 0.717) is 27.5 Å². The van der Waals surface area contributed by atoms with E-state index in [9.17, 15) is 0 Å². The van der Waals surface area contributed by atoms with Gasteiger partial charge in [0, 0.05) is 17.8 Å². The Morgan fingerprint density at radius 1 is 1.05 bits per heavy atom. The number of benzene rings is 2. The minimum atomic E-state index is 0.246. The molecule has 0 amide bonds. The Kier molecular flexibility index (Phi) is 2.83. The molecule has 0 atom stereocenters. The van der Waals surface area contributed by atoms with E-state index < -0.39 is 0 Å². The number of aromatic nitrogens is 2. The third-order valence-electron chi connectivity index (χ3n) is 3.16. The van der Waals surface area contributed by atoms with Crippen molar-refractivity contribution >= 4 is 45.9 Å². The second-order valence-corrected chi connectivity index (χ2v) is 5.38. The fraction of sp³-hybridized carbons (Fsp3) is 0.0714. The molecule has 21 heavy (non-hydrogen) atoms. The molecule has 106 valence electrons. The topological polar surface area (TPSA) is 59.2 Å². The van der Waals surface area contributed by atoms with Crippen molar-refractivity contribution < 1.29 is 9.47 Å². The summed E-state index contributed by atoms with van der Waals surface area (Å²) in [5.74, 6) is 2.02. The monoisotopic (exact) mass is 321 g/mol. The highest BCUT2D eigenvalue weighted by Crippen LogP contribution is 2.36. The molecule has 0 radical (unpaired) electrons. The van der Waals surface area contributed by atoms with Crippen molar-refractivity contribution in [2.75, 3.05) is 12.1 Å². The van der Waals surface area contributed by atoms with E-state index in [4.69, 9.17) is 32.7 Å². The minimum Gasteiger partial charge on any atom is -0.454 e. The summed E-state index contributed by atoms with van der Waals surface area (Å²) in [6.45, 7) is 0.246. The average molecular weight is 322 g/mol. The first-order valence-corrected chi connectivity index (χ1v) is 6.96. The van der Waals surface area contributed by atoms with Gasteiger partial charge in [-0.2, -0.15) is 0 Å². The van der Waals surface area contributed by atoms with Crippen molar-refractivity contribution in [3.05, 3.63) is 40.4 Å². The smallest absolute Gasteiger partial charge is 0.231 e. The molecule has 1 aliphatic rings. The van der Waals surface area contributed by atoms with Crippen molar-refractivity contribution in [1.29, 1.82) is 0 Å². The quantitative estimate of drug-likeness (QED) is 0.737. The van der Waals surface area contributed by atoms with E-state index in [2.05, 4.69) is 15.3 Å². The Morgan fingerprint density at radius 2 is 1.86 bits per heavy atom. The lowest BCUT2D eigenvalue weighted by atomic mass is 10.3. The van der Waals surface area contributed by atoms with E-state index in [0.717, 1.165) is 16.7 Å². The van der Waals surface area contributed by atoms with Gasteiger partial charge in [-0.05, 0) is 18.2 Å². The Morgan fingerprint density at radius 3 is 2.67 bits per heavy atom. The van der Waals surface area contributed by atoms with Crippen molar-refractivity contribution in [3.8, 4) is 11.5 Å². The molecule has 7 heteroatoms. The average Bonchev–Trinajstić information content (AvgIpc) is 3.05. The van der Waals surface area contributed by atoms with Crippen molar-refractivity contribution in [2.24, 2.45) is 0 Å². The molecule has 3 aromatic rings. The van der Waals surface area contributed by atoms with Gasteiger partial charge >= 0.3 is 0 Å². The summed E-state index contributed by atoms with van der Waals surface area (Å²) in [6, 6.07) is 9.00. The SMILES string of the molecule is Clc1ccc(Nc2nc3cc4c(cc3[nH]2)OCO4)cc1Cl. The standard InChI is InChI=1S/C14H9Cl2N3O2/c15-8-2-1-7(3-9(8)16)17-14-18-10-4-12-13(21-6-20-12)5-11(10)19-14/h1-5H,6H2,(H2,17,18,19). The molecule has 0 saturated heterocycles. The van der Waals surface area contributed by atoms with Gasteiger partial charge in [0.25, 0.3) is 0 Å². The highest BCUT2D eigenvalue weighted by molar-refractivity contribution is 6.42. The summed E-state index contributed by atoms with van der Waals surface area (Å²) in [4.78, 5) is 7.63. The van der Waals surface area contributed by atoms with Crippen LogP contribution in [0.15, 0.2) is 30.3 Å². The molecule has 0 fully saturated rings. The van der Waals surface area contributed by atoms with Crippen LogP contribution in [0.25, 0.3) is 11.0 Å². The summed E-state index contributed by atoms with van der Waals surface area (Å²) in [5, 5.41) is 4.14. The molecule has 0 aliphatic carbocycles. The zero-order valence-electron chi connectivity index (χ0n) is 10.6. The minimum absolute atomic E-state index is 0.246. The number of rotatable bonds is 2. The van der Waals surface area contributed by atoms with Gasteiger partial charge in [0.2, 0.25) is 12.7 Å². The number of hydrogen-bond acceptors (Lipinski definition) is 4. The predicted octanol–water partition coefficient (Wildman–Crippen LogP) is 4.34. The van der Waals surface area contributed by atoms with Crippen LogP contribution in [0.3, 0.4) is 0 Å². The van der Waals surface area contributed by atoms with Gasteiger partial charge in [-0.1, -0.05) is 23.2 Å². The maximum atomic E-state index is 5.99. The molecule has 1 aliphatic heterocycles. The van der Waals surface area contributed by atoms with Gasteiger partial charge < -0.3 is 19.8 Å². The van der Waals surface area contributed by atoms with Crippen LogP contribution in [0.4, 0.5) is 11.6 Å². The largest absolute Gasteiger partial charge is 0.454 e. The molecule has 5 nitrogen and oxygen atoms in total. The predicted molar refractivity (Wildman–Crippen MR) is 82.0 cm³/mol. The second-order valence-electron chi connectivity index (χ2n) is 4.56. The molecule has 1 aromatic heterocycles. The first-order valence-electron chi connectivity index (χ1n) is 6.20. The summed E-state index contributed by atoms with van der Waals surface area (Å²) in [5.41, 5.74) is 2.45. The lowest BCUT2D eigenvalue weighted by Gasteiger charge is -2.03. The van der Waals surface area contributed by atoms with Gasteiger partial charge in [-0.25, -0.2) is 4.98 Å². The Bertz CT molecular complexity index is 807. The fourth-order valence-electron chi connectivity index (χ4n) is 2.17. The van der Waals surface area contributed by atoms with Gasteiger partial charge in [0.1, 0.15) is 0 Å². The van der Waals surface area contributed by atoms with Crippen LogP contribution in [-0.4, -0.2) is 16.8 Å². The van der Waals surface area contributed by atoms with E-state index in [1.54, 1.807) is 12.1 Å². The van der Waals surface area contributed by atoms with Crippen molar-refractivity contribution in [2.45, 2.75) is 0 Å². The molecule has 0 saturated carbocycles. The first-order chi connectivity index (χ1) is 10.2. The van der Waals surface area contributed by atoms with Crippen LogP contribution in [0.1, 0.15) is 0 Å². The lowest BCUT2D eigenvalue weighted by molar-refractivity contribution is 0.174. The van der Waals surface area contributed by atoms with Crippen LogP contribution < -0.4 is 14.8 Å². The number of nitrogens with zero attached hydrogens (tertiary/aromatic N) is 1. The van der Waals surface area contributed by atoms with Crippen LogP contribution in [0.5, 0.6) is 11.5 Å². The number of anilines is 2. The number of hydrogen-bond donors (Lipinski definition) is 2. The maximum absolute atomic E-state index is 5.99. The Hall–Kier alpha value is -2.11. The number of nitrogens with one attached hydrogen (secondary N) is 2. The second kappa shape index (κ2) is 4.72. The summed E-state index contributed by atoms with van der Waals surface area (Å²) in [7, 11) is 0. The number of H-pyrrole nitrogens is 1. The van der Waals surface area contributed by atoms with Crippen LogP contribution in [0.2, 0.25) is 10.0 Å². The number of aromatic amines is 1. The van der Waals surface area contributed by atoms with E-state index in [1.807, 2.05) is 18.2 Å². The molecule has 2 heterocycles. The highest BCUT2D eigenvalue weighted by atomic mass is 35.5. The molecule has 2 N–H and O–H groups in total. The van der Waals surface area contributed by atoms with Gasteiger partial charge in [0.05, 0.1) is 21.1 Å². The maximum Gasteiger partial charge on any atom is 0.231 e. The van der Waals surface area contributed by atoms with E-state index >= 15 is 0 Å². The third-order valence-corrected chi connectivity index (χ3v) is 3.90. The molecule has 4 rings (SSSR count). The summed E-state index contributed by atoms with van der Waals surface area (Å²) >= 11 is 11.9. The Balaban J connectivity index is 1.69. The molecule has 0 unspecified atom stereocenters. The van der Waals surface area contributed by atoms with Crippen LogP contribution in [-0.2, 0) is 0 Å². The first kappa shape index (κ1) is 12.6. The molecule has 0 spiro atoms. The Labute approximate surface area is 129 Å². The fourth-order valence-corrected chi connectivity index (χ4v) is 2.47. The van der Waals surface area contributed by atoms with Gasteiger partial charge in [-0.3, -0.25) is 0 Å². The summed E-state index contributed by atoms with van der Waals surface area (Å²) in [6.07, 6.45) is 0. The van der Waals surface area contributed by atoms with Crippen LogP contribution >= 0.6 is 23.2 Å².